The van der Waals surface area contributed by atoms with Crippen LogP contribution in [0.4, 0.5) is 0 Å². The first-order chi connectivity index (χ1) is 7.65. The first kappa shape index (κ1) is 14.0. The van der Waals surface area contributed by atoms with Gasteiger partial charge in [0.25, 0.3) is 0 Å². The van der Waals surface area contributed by atoms with Gasteiger partial charge in [-0.3, -0.25) is 4.90 Å². The molecular formula is C14H29NO. The number of likely N-dealkylation sites (tertiary alicyclic amines) is 1. The molecule has 96 valence electrons. The fourth-order valence-corrected chi connectivity index (χ4v) is 2.78. The van der Waals surface area contributed by atoms with Crippen LogP contribution in [-0.4, -0.2) is 34.7 Å². The van der Waals surface area contributed by atoms with Gasteiger partial charge in [-0.2, -0.15) is 0 Å². The molecule has 1 unspecified atom stereocenters. The molecule has 1 aliphatic rings. The van der Waals surface area contributed by atoms with Crippen LogP contribution in [0.5, 0.6) is 0 Å². The van der Waals surface area contributed by atoms with Crippen LogP contribution in [0, 0.1) is 0 Å². The summed E-state index contributed by atoms with van der Waals surface area (Å²) < 4.78 is 0. The SMILES string of the molecule is CCCC1CCCCN1CC(O)(CC)CC. The zero-order chi connectivity index (χ0) is 12.0. The number of β-amino-alcohol motifs (C(OH)–C–C–N with tert-alkyl or cyclic N) is 1. The lowest BCUT2D eigenvalue weighted by atomic mass is 9.92. The molecule has 1 heterocycles. The molecule has 2 heteroatoms. The third-order valence-electron chi connectivity index (χ3n) is 4.18. The molecular weight excluding hydrogens is 198 g/mol. The Bertz CT molecular complexity index is 187. The average molecular weight is 227 g/mol. The lowest BCUT2D eigenvalue weighted by Crippen LogP contribution is -2.48. The molecule has 0 amide bonds. The molecule has 2 nitrogen and oxygen atoms in total. The maximum absolute atomic E-state index is 10.4. The van der Waals surface area contributed by atoms with E-state index in [4.69, 9.17) is 0 Å². The van der Waals surface area contributed by atoms with Crippen LogP contribution < -0.4 is 0 Å². The van der Waals surface area contributed by atoms with Crippen LogP contribution in [0.1, 0.15) is 65.7 Å². The van der Waals surface area contributed by atoms with Crippen molar-refractivity contribution in [1.29, 1.82) is 0 Å². The number of hydrogen-bond donors (Lipinski definition) is 1. The van der Waals surface area contributed by atoms with Crippen LogP contribution >= 0.6 is 0 Å². The van der Waals surface area contributed by atoms with Crippen molar-refractivity contribution >= 4 is 0 Å². The summed E-state index contributed by atoms with van der Waals surface area (Å²) in [4.78, 5) is 2.54. The molecule has 0 saturated carbocycles. The molecule has 0 aromatic heterocycles. The van der Waals surface area contributed by atoms with Gasteiger partial charge in [0.05, 0.1) is 5.60 Å². The topological polar surface area (TPSA) is 23.5 Å². The van der Waals surface area contributed by atoms with Crippen LogP contribution in [0.2, 0.25) is 0 Å². The molecule has 1 rings (SSSR count). The largest absolute Gasteiger partial charge is 0.389 e. The van der Waals surface area contributed by atoms with Gasteiger partial charge in [-0.15, -0.1) is 0 Å². The zero-order valence-corrected chi connectivity index (χ0v) is 11.3. The van der Waals surface area contributed by atoms with Gasteiger partial charge in [0.1, 0.15) is 0 Å². The standard InChI is InChI=1S/C14H29NO/c1-4-9-13-10-7-8-11-15(13)12-14(16,5-2)6-3/h13,16H,4-12H2,1-3H3. The quantitative estimate of drug-likeness (QED) is 0.753. The van der Waals surface area contributed by atoms with Gasteiger partial charge in [-0.1, -0.05) is 33.6 Å². The maximum Gasteiger partial charge on any atom is 0.0769 e. The third kappa shape index (κ3) is 3.74. The molecule has 0 aromatic rings. The zero-order valence-electron chi connectivity index (χ0n) is 11.3. The number of piperidine rings is 1. The molecule has 1 atom stereocenters. The summed E-state index contributed by atoms with van der Waals surface area (Å²) in [5, 5.41) is 10.4. The summed E-state index contributed by atoms with van der Waals surface area (Å²) in [5.74, 6) is 0. The minimum absolute atomic E-state index is 0.455. The third-order valence-corrected chi connectivity index (χ3v) is 4.18. The van der Waals surface area contributed by atoms with Crippen molar-refractivity contribution in [3.63, 3.8) is 0 Å². The van der Waals surface area contributed by atoms with E-state index in [0.29, 0.717) is 0 Å². The molecule has 0 spiro atoms. The minimum Gasteiger partial charge on any atom is -0.389 e. The van der Waals surface area contributed by atoms with E-state index in [9.17, 15) is 5.11 Å². The molecule has 1 fully saturated rings. The average Bonchev–Trinajstić information content (AvgIpc) is 2.32. The molecule has 0 bridgehead atoms. The van der Waals surface area contributed by atoms with E-state index in [1.807, 2.05) is 0 Å². The molecule has 0 aromatic carbocycles. The Labute approximate surface area is 101 Å². The fraction of sp³-hybridized carbons (Fsp3) is 1.00. The van der Waals surface area contributed by atoms with E-state index >= 15 is 0 Å². The summed E-state index contributed by atoms with van der Waals surface area (Å²) in [5.41, 5.74) is -0.455. The predicted molar refractivity (Wildman–Crippen MR) is 69.7 cm³/mol. The van der Waals surface area contributed by atoms with Gasteiger partial charge in [-0.05, 0) is 38.6 Å². The lowest BCUT2D eigenvalue weighted by Gasteiger charge is -2.40. The first-order valence-corrected chi connectivity index (χ1v) is 7.11. The summed E-state index contributed by atoms with van der Waals surface area (Å²) >= 11 is 0. The Hall–Kier alpha value is -0.0800. The molecule has 1 saturated heterocycles. The number of rotatable bonds is 6. The minimum atomic E-state index is -0.455. The van der Waals surface area contributed by atoms with Gasteiger partial charge >= 0.3 is 0 Å². The second-order valence-electron chi connectivity index (χ2n) is 5.34. The van der Waals surface area contributed by atoms with E-state index in [1.54, 1.807) is 0 Å². The molecule has 1 aliphatic heterocycles. The van der Waals surface area contributed by atoms with Gasteiger partial charge < -0.3 is 5.11 Å². The summed E-state index contributed by atoms with van der Waals surface area (Å²) in [6.07, 6.45) is 8.32. The molecule has 0 aliphatic carbocycles. The van der Waals surface area contributed by atoms with E-state index in [0.717, 1.165) is 25.4 Å². The number of nitrogens with zero attached hydrogens (tertiary/aromatic N) is 1. The van der Waals surface area contributed by atoms with Gasteiger partial charge in [0.15, 0.2) is 0 Å². The normalized spacial score (nSPS) is 23.6. The monoisotopic (exact) mass is 227 g/mol. The highest BCUT2D eigenvalue weighted by atomic mass is 16.3. The Kier molecular flexibility index (Phi) is 5.77. The van der Waals surface area contributed by atoms with Crippen LogP contribution in [0.25, 0.3) is 0 Å². The molecule has 16 heavy (non-hydrogen) atoms. The summed E-state index contributed by atoms with van der Waals surface area (Å²) in [6, 6.07) is 0.725. The van der Waals surface area contributed by atoms with E-state index in [-0.39, 0.29) is 0 Å². The Morgan fingerprint density at radius 3 is 2.44 bits per heavy atom. The summed E-state index contributed by atoms with van der Waals surface area (Å²) in [7, 11) is 0. The highest BCUT2D eigenvalue weighted by molar-refractivity contribution is 4.85. The maximum atomic E-state index is 10.4. The van der Waals surface area contributed by atoms with Gasteiger partial charge in [0, 0.05) is 12.6 Å². The van der Waals surface area contributed by atoms with Crippen molar-refractivity contribution in [3.05, 3.63) is 0 Å². The van der Waals surface area contributed by atoms with Crippen molar-refractivity contribution < 1.29 is 5.11 Å². The second-order valence-corrected chi connectivity index (χ2v) is 5.34. The van der Waals surface area contributed by atoms with Crippen LogP contribution in [-0.2, 0) is 0 Å². The smallest absolute Gasteiger partial charge is 0.0769 e. The van der Waals surface area contributed by atoms with E-state index in [1.165, 1.54) is 38.6 Å². The Morgan fingerprint density at radius 1 is 1.19 bits per heavy atom. The van der Waals surface area contributed by atoms with Crippen molar-refractivity contribution in [2.45, 2.75) is 77.4 Å². The molecule has 0 radical (unpaired) electrons. The summed E-state index contributed by atoms with van der Waals surface area (Å²) in [6.45, 7) is 8.53. The number of aliphatic hydroxyl groups is 1. The van der Waals surface area contributed by atoms with E-state index in [2.05, 4.69) is 25.7 Å². The fourth-order valence-electron chi connectivity index (χ4n) is 2.78. The highest BCUT2D eigenvalue weighted by Crippen LogP contribution is 2.25. The molecule has 1 N–H and O–H groups in total. The van der Waals surface area contributed by atoms with Crippen molar-refractivity contribution in [3.8, 4) is 0 Å². The Balaban J connectivity index is 2.54. The van der Waals surface area contributed by atoms with Crippen molar-refractivity contribution in [1.82, 2.24) is 4.90 Å². The first-order valence-electron chi connectivity index (χ1n) is 7.11. The Morgan fingerprint density at radius 2 is 1.88 bits per heavy atom. The van der Waals surface area contributed by atoms with Gasteiger partial charge in [-0.25, -0.2) is 0 Å². The van der Waals surface area contributed by atoms with Crippen LogP contribution in [0.15, 0.2) is 0 Å². The van der Waals surface area contributed by atoms with Crippen LogP contribution in [0.3, 0.4) is 0 Å². The van der Waals surface area contributed by atoms with Crippen molar-refractivity contribution in [2.24, 2.45) is 0 Å². The predicted octanol–water partition coefficient (Wildman–Crippen LogP) is 3.19. The van der Waals surface area contributed by atoms with E-state index < -0.39 is 5.60 Å². The highest BCUT2D eigenvalue weighted by Gasteiger charge is 2.30. The lowest BCUT2D eigenvalue weighted by molar-refractivity contribution is -0.0240. The van der Waals surface area contributed by atoms with Gasteiger partial charge in [0.2, 0.25) is 0 Å². The second kappa shape index (κ2) is 6.61. The van der Waals surface area contributed by atoms with Crippen molar-refractivity contribution in [2.75, 3.05) is 13.1 Å². The number of hydrogen-bond acceptors (Lipinski definition) is 2.